The molecule has 0 aromatic heterocycles. The molecule has 0 bridgehead atoms. The molecule has 0 saturated carbocycles. The first-order valence-corrected chi connectivity index (χ1v) is 5.04. The molecule has 0 fully saturated rings. The van der Waals surface area contributed by atoms with Crippen molar-refractivity contribution in [1.82, 2.24) is 0 Å². The molecule has 0 rings (SSSR count). The number of esters is 1. The maximum atomic E-state index is 10.9. The van der Waals surface area contributed by atoms with Gasteiger partial charge in [0.15, 0.2) is 0 Å². The van der Waals surface area contributed by atoms with Crippen LogP contribution < -0.4 is 0 Å². The zero-order valence-corrected chi connectivity index (χ0v) is 8.58. The number of carbonyl (C=O) groups excluding carboxylic acids is 1. The molecule has 0 aliphatic heterocycles. The number of hydrogen-bond acceptors (Lipinski definition) is 3. The highest BCUT2D eigenvalue weighted by atomic mass is 16.5. The van der Waals surface area contributed by atoms with Crippen molar-refractivity contribution in [2.75, 3.05) is 6.61 Å². The average Bonchev–Trinajstić information content (AvgIpc) is 2.12. The van der Waals surface area contributed by atoms with Crippen molar-refractivity contribution >= 4 is 5.97 Å². The second kappa shape index (κ2) is 8.05. The molecule has 0 radical (unpaired) electrons. The molecule has 0 aromatic rings. The van der Waals surface area contributed by atoms with E-state index in [0.717, 1.165) is 19.3 Å². The smallest absolute Gasteiger partial charge is 0.305 e. The van der Waals surface area contributed by atoms with E-state index >= 15 is 0 Å². The molecule has 1 N–H and O–H groups in total. The largest absolute Gasteiger partial charge is 0.466 e. The molecule has 0 aliphatic rings. The molecule has 0 aliphatic carbocycles. The number of rotatable bonds is 7. The molecule has 78 valence electrons. The van der Waals surface area contributed by atoms with E-state index in [1.807, 2.05) is 0 Å². The van der Waals surface area contributed by atoms with Gasteiger partial charge in [-0.1, -0.05) is 19.8 Å². The second-order valence-electron chi connectivity index (χ2n) is 3.14. The lowest BCUT2D eigenvalue weighted by Crippen LogP contribution is -2.11. The number of carbonyl (C=O) groups is 1. The maximum Gasteiger partial charge on any atom is 0.305 e. The van der Waals surface area contributed by atoms with Gasteiger partial charge in [-0.05, 0) is 19.8 Å². The SMILES string of the molecule is CCCCC(O)CCC(=O)OCC. The van der Waals surface area contributed by atoms with Crippen molar-refractivity contribution in [3.8, 4) is 0 Å². The normalized spacial score (nSPS) is 12.5. The molecule has 3 nitrogen and oxygen atoms in total. The van der Waals surface area contributed by atoms with Crippen LogP contribution in [-0.2, 0) is 9.53 Å². The number of unbranched alkanes of at least 4 members (excludes halogenated alkanes) is 1. The van der Waals surface area contributed by atoms with E-state index < -0.39 is 0 Å². The van der Waals surface area contributed by atoms with Crippen LogP contribution in [0.15, 0.2) is 0 Å². The zero-order chi connectivity index (χ0) is 10.1. The van der Waals surface area contributed by atoms with Gasteiger partial charge in [0.2, 0.25) is 0 Å². The maximum absolute atomic E-state index is 10.9. The van der Waals surface area contributed by atoms with Crippen LogP contribution in [0.2, 0.25) is 0 Å². The van der Waals surface area contributed by atoms with Gasteiger partial charge >= 0.3 is 5.97 Å². The fraction of sp³-hybridized carbons (Fsp3) is 0.900. The van der Waals surface area contributed by atoms with E-state index in [1.165, 1.54) is 0 Å². The highest BCUT2D eigenvalue weighted by Gasteiger charge is 2.07. The summed E-state index contributed by atoms with van der Waals surface area (Å²) in [5.41, 5.74) is 0. The summed E-state index contributed by atoms with van der Waals surface area (Å²) in [6.45, 7) is 4.29. The Morgan fingerprint density at radius 3 is 2.62 bits per heavy atom. The summed E-state index contributed by atoms with van der Waals surface area (Å²) in [7, 11) is 0. The van der Waals surface area contributed by atoms with Crippen LogP contribution in [0.5, 0.6) is 0 Å². The predicted molar refractivity (Wildman–Crippen MR) is 51.4 cm³/mol. The summed E-state index contributed by atoms with van der Waals surface area (Å²) in [4.78, 5) is 10.9. The van der Waals surface area contributed by atoms with Crippen molar-refractivity contribution < 1.29 is 14.6 Å². The summed E-state index contributed by atoms with van der Waals surface area (Å²) in [6.07, 6.45) is 3.40. The van der Waals surface area contributed by atoms with E-state index in [1.54, 1.807) is 6.92 Å². The van der Waals surface area contributed by atoms with Gasteiger partial charge in [0, 0.05) is 6.42 Å². The Morgan fingerprint density at radius 2 is 2.08 bits per heavy atom. The number of aliphatic hydroxyl groups excluding tert-OH is 1. The molecular weight excluding hydrogens is 168 g/mol. The van der Waals surface area contributed by atoms with E-state index in [0.29, 0.717) is 19.4 Å². The van der Waals surface area contributed by atoms with Crippen molar-refractivity contribution in [3.05, 3.63) is 0 Å². The Hall–Kier alpha value is -0.570. The third kappa shape index (κ3) is 7.78. The fourth-order valence-corrected chi connectivity index (χ4v) is 1.10. The van der Waals surface area contributed by atoms with Crippen LogP contribution in [0.25, 0.3) is 0 Å². The van der Waals surface area contributed by atoms with Gasteiger partial charge in [-0.25, -0.2) is 0 Å². The average molecular weight is 188 g/mol. The highest BCUT2D eigenvalue weighted by Crippen LogP contribution is 2.06. The van der Waals surface area contributed by atoms with Crippen LogP contribution in [0.1, 0.15) is 46.0 Å². The molecule has 0 heterocycles. The molecule has 1 atom stereocenters. The molecule has 0 saturated heterocycles. The standard InChI is InChI=1S/C10H20O3/c1-3-5-6-9(11)7-8-10(12)13-4-2/h9,11H,3-8H2,1-2H3. The van der Waals surface area contributed by atoms with Crippen molar-refractivity contribution in [1.29, 1.82) is 0 Å². The molecule has 0 spiro atoms. The Labute approximate surface area is 80.1 Å². The van der Waals surface area contributed by atoms with Gasteiger partial charge in [0.25, 0.3) is 0 Å². The minimum atomic E-state index is -0.343. The summed E-state index contributed by atoms with van der Waals surface area (Å²) < 4.78 is 4.75. The van der Waals surface area contributed by atoms with Crippen molar-refractivity contribution in [3.63, 3.8) is 0 Å². The summed E-state index contributed by atoms with van der Waals surface area (Å²) in [6, 6.07) is 0. The third-order valence-electron chi connectivity index (χ3n) is 1.88. The van der Waals surface area contributed by atoms with Crippen LogP contribution >= 0.6 is 0 Å². The van der Waals surface area contributed by atoms with Crippen molar-refractivity contribution in [2.45, 2.75) is 52.1 Å². The van der Waals surface area contributed by atoms with Gasteiger partial charge in [0.05, 0.1) is 12.7 Å². The zero-order valence-electron chi connectivity index (χ0n) is 8.58. The van der Waals surface area contributed by atoms with Gasteiger partial charge in [0.1, 0.15) is 0 Å². The predicted octanol–water partition coefficient (Wildman–Crippen LogP) is 1.88. The highest BCUT2D eigenvalue weighted by molar-refractivity contribution is 5.69. The fourth-order valence-electron chi connectivity index (χ4n) is 1.10. The Bertz CT molecular complexity index is 134. The first-order valence-electron chi connectivity index (χ1n) is 5.04. The lowest BCUT2D eigenvalue weighted by molar-refractivity contribution is -0.143. The minimum Gasteiger partial charge on any atom is -0.466 e. The summed E-state index contributed by atoms with van der Waals surface area (Å²) >= 11 is 0. The monoisotopic (exact) mass is 188 g/mol. The van der Waals surface area contributed by atoms with E-state index in [4.69, 9.17) is 4.74 Å². The minimum absolute atomic E-state index is 0.210. The van der Waals surface area contributed by atoms with Gasteiger partial charge in [-0.3, -0.25) is 4.79 Å². The van der Waals surface area contributed by atoms with Crippen molar-refractivity contribution in [2.24, 2.45) is 0 Å². The first kappa shape index (κ1) is 12.4. The molecule has 13 heavy (non-hydrogen) atoms. The van der Waals surface area contributed by atoms with Crippen LogP contribution in [0, 0.1) is 0 Å². The van der Waals surface area contributed by atoms with Crippen LogP contribution in [0.3, 0.4) is 0 Å². The van der Waals surface area contributed by atoms with Crippen LogP contribution in [0.4, 0.5) is 0 Å². The van der Waals surface area contributed by atoms with Gasteiger partial charge in [-0.15, -0.1) is 0 Å². The Kier molecular flexibility index (Phi) is 7.69. The Morgan fingerprint density at radius 1 is 1.38 bits per heavy atom. The molecule has 1 unspecified atom stereocenters. The lowest BCUT2D eigenvalue weighted by Gasteiger charge is -2.08. The summed E-state index contributed by atoms with van der Waals surface area (Å²) in [5.74, 6) is -0.210. The quantitative estimate of drug-likeness (QED) is 0.620. The number of hydrogen-bond donors (Lipinski definition) is 1. The van der Waals surface area contributed by atoms with Gasteiger partial charge in [-0.2, -0.15) is 0 Å². The van der Waals surface area contributed by atoms with E-state index in [9.17, 15) is 9.90 Å². The third-order valence-corrected chi connectivity index (χ3v) is 1.88. The Balaban J connectivity index is 3.34. The van der Waals surface area contributed by atoms with E-state index in [2.05, 4.69) is 6.92 Å². The number of ether oxygens (including phenoxy) is 1. The first-order chi connectivity index (χ1) is 6.20. The topological polar surface area (TPSA) is 46.5 Å². The molecular formula is C10H20O3. The van der Waals surface area contributed by atoms with Gasteiger partial charge < -0.3 is 9.84 Å². The molecule has 0 amide bonds. The summed E-state index contributed by atoms with van der Waals surface area (Å²) in [5, 5.41) is 9.39. The molecule has 3 heteroatoms. The number of aliphatic hydroxyl groups is 1. The molecule has 0 aromatic carbocycles. The van der Waals surface area contributed by atoms with E-state index in [-0.39, 0.29) is 12.1 Å². The van der Waals surface area contributed by atoms with Crippen LogP contribution in [-0.4, -0.2) is 23.8 Å². The second-order valence-corrected chi connectivity index (χ2v) is 3.14. The lowest BCUT2D eigenvalue weighted by atomic mass is 10.1.